The summed E-state index contributed by atoms with van der Waals surface area (Å²) in [6.07, 6.45) is -0.279. The molecule has 88 valence electrons. The fourth-order valence-electron chi connectivity index (χ4n) is 1.55. The SMILES string of the molecule is Cc1ccc(-c2cnccn2)c(C(F)(F)F)c1. The summed E-state index contributed by atoms with van der Waals surface area (Å²) in [7, 11) is 0. The van der Waals surface area contributed by atoms with Gasteiger partial charge in [-0.05, 0) is 13.0 Å². The number of halogens is 3. The Morgan fingerprint density at radius 3 is 2.47 bits per heavy atom. The smallest absolute Gasteiger partial charge is 0.261 e. The first-order chi connectivity index (χ1) is 7.98. The summed E-state index contributed by atoms with van der Waals surface area (Å²) in [6.45, 7) is 1.62. The van der Waals surface area contributed by atoms with Crippen LogP contribution in [0.15, 0.2) is 36.8 Å². The second kappa shape index (κ2) is 4.16. The summed E-state index contributed by atoms with van der Waals surface area (Å²) in [5.41, 5.74) is 0.152. The number of nitrogens with zero attached hydrogens (tertiary/aromatic N) is 2. The monoisotopic (exact) mass is 238 g/mol. The lowest BCUT2D eigenvalue weighted by molar-refractivity contribution is -0.137. The summed E-state index contributed by atoms with van der Waals surface area (Å²) >= 11 is 0. The van der Waals surface area contributed by atoms with E-state index in [4.69, 9.17) is 0 Å². The van der Waals surface area contributed by atoms with E-state index in [1.165, 1.54) is 24.7 Å². The minimum absolute atomic E-state index is 0.0520. The van der Waals surface area contributed by atoms with Crippen molar-refractivity contribution < 1.29 is 13.2 Å². The standard InChI is InChI=1S/C12H9F3N2/c1-8-2-3-9(10(6-8)12(13,14)15)11-7-16-4-5-17-11/h2-7H,1H3. The van der Waals surface area contributed by atoms with Gasteiger partial charge in [-0.15, -0.1) is 0 Å². The topological polar surface area (TPSA) is 25.8 Å². The Morgan fingerprint density at radius 2 is 1.88 bits per heavy atom. The minimum atomic E-state index is -4.39. The zero-order chi connectivity index (χ0) is 12.5. The molecule has 0 aliphatic heterocycles. The fraction of sp³-hybridized carbons (Fsp3) is 0.167. The van der Waals surface area contributed by atoms with Gasteiger partial charge in [0.1, 0.15) is 0 Å². The molecular formula is C12H9F3N2. The molecule has 0 aliphatic rings. The highest BCUT2D eigenvalue weighted by molar-refractivity contribution is 5.64. The van der Waals surface area contributed by atoms with Crippen molar-refractivity contribution in [3.63, 3.8) is 0 Å². The first kappa shape index (κ1) is 11.6. The van der Waals surface area contributed by atoms with Crippen molar-refractivity contribution in [3.8, 4) is 11.3 Å². The van der Waals surface area contributed by atoms with E-state index in [1.807, 2.05) is 0 Å². The van der Waals surface area contributed by atoms with Crippen molar-refractivity contribution in [3.05, 3.63) is 47.9 Å². The third kappa shape index (κ3) is 2.43. The van der Waals surface area contributed by atoms with E-state index in [2.05, 4.69) is 9.97 Å². The van der Waals surface area contributed by atoms with Crippen LogP contribution < -0.4 is 0 Å². The van der Waals surface area contributed by atoms with E-state index >= 15 is 0 Å². The number of hydrogen-bond acceptors (Lipinski definition) is 2. The summed E-state index contributed by atoms with van der Waals surface area (Å²) in [5.74, 6) is 0. The van der Waals surface area contributed by atoms with Crippen LogP contribution in [0.4, 0.5) is 13.2 Å². The Hall–Kier alpha value is -1.91. The highest BCUT2D eigenvalue weighted by Gasteiger charge is 2.34. The van der Waals surface area contributed by atoms with Crippen LogP contribution in [0, 0.1) is 6.92 Å². The molecule has 0 amide bonds. The lowest BCUT2D eigenvalue weighted by atomic mass is 10.0. The molecule has 1 aromatic heterocycles. The van der Waals surface area contributed by atoms with E-state index < -0.39 is 11.7 Å². The number of aromatic nitrogens is 2. The molecule has 2 nitrogen and oxygen atoms in total. The summed E-state index contributed by atoms with van der Waals surface area (Å²) in [4.78, 5) is 7.67. The highest BCUT2D eigenvalue weighted by atomic mass is 19.4. The van der Waals surface area contributed by atoms with Crippen LogP contribution in [0.1, 0.15) is 11.1 Å². The van der Waals surface area contributed by atoms with Crippen molar-refractivity contribution in [1.82, 2.24) is 9.97 Å². The maximum atomic E-state index is 12.9. The second-order valence-corrected chi connectivity index (χ2v) is 3.64. The zero-order valence-corrected chi connectivity index (χ0v) is 8.99. The van der Waals surface area contributed by atoms with Gasteiger partial charge in [-0.25, -0.2) is 0 Å². The predicted octanol–water partition coefficient (Wildman–Crippen LogP) is 3.47. The molecule has 0 fully saturated rings. The van der Waals surface area contributed by atoms with Crippen LogP contribution in [0.25, 0.3) is 11.3 Å². The third-order valence-electron chi connectivity index (χ3n) is 2.32. The molecule has 0 bridgehead atoms. The van der Waals surface area contributed by atoms with Crippen molar-refractivity contribution in [2.24, 2.45) is 0 Å². The van der Waals surface area contributed by atoms with Gasteiger partial charge in [-0.2, -0.15) is 13.2 Å². The molecule has 0 N–H and O–H groups in total. The Bertz CT molecular complexity index is 521. The van der Waals surface area contributed by atoms with Crippen molar-refractivity contribution in [2.75, 3.05) is 0 Å². The minimum Gasteiger partial charge on any atom is -0.261 e. The van der Waals surface area contributed by atoms with Crippen LogP contribution in [-0.2, 0) is 6.18 Å². The summed E-state index contributed by atoms with van der Waals surface area (Å²) < 4.78 is 38.6. The molecule has 0 aliphatic carbocycles. The van der Waals surface area contributed by atoms with Crippen LogP contribution in [0.2, 0.25) is 0 Å². The van der Waals surface area contributed by atoms with Gasteiger partial charge < -0.3 is 0 Å². The maximum absolute atomic E-state index is 12.9. The molecule has 0 saturated carbocycles. The average Bonchev–Trinajstić information content (AvgIpc) is 2.29. The van der Waals surface area contributed by atoms with Crippen molar-refractivity contribution in [2.45, 2.75) is 13.1 Å². The van der Waals surface area contributed by atoms with Gasteiger partial charge in [0.15, 0.2) is 0 Å². The van der Waals surface area contributed by atoms with E-state index in [1.54, 1.807) is 13.0 Å². The van der Waals surface area contributed by atoms with Gasteiger partial charge >= 0.3 is 6.18 Å². The second-order valence-electron chi connectivity index (χ2n) is 3.64. The fourth-order valence-corrected chi connectivity index (χ4v) is 1.55. The van der Waals surface area contributed by atoms with E-state index in [0.717, 1.165) is 6.07 Å². The van der Waals surface area contributed by atoms with Gasteiger partial charge in [0.25, 0.3) is 0 Å². The van der Waals surface area contributed by atoms with Crippen LogP contribution in [0.5, 0.6) is 0 Å². The van der Waals surface area contributed by atoms with Crippen LogP contribution in [0.3, 0.4) is 0 Å². The van der Waals surface area contributed by atoms with Crippen LogP contribution >= 0.6 is 0 Å². The maximum Gasteiger partial charge on any atom is 0.417 e. The zero-order valence-electron chi connectivity index (χ0n) is 8.99. The number of aryl methyl sites for hydroxylation is 1. The molecule has 2 rings (SSSR count). The van der Waals surface area contributed by atoms with E-state index in [0.29, 0.717) is 5.56 Å². The summed E-state index contributed by atoms with van der Waals surface area (Å²) in [5, 5.41) is 0. The average molecular weight is 238 g/mol. The number of benzene rings is 1. The molecule has 1 aromatic carbocycles. The van der Waals surface area contributed by atoms with Crippen LogP contribution in [-0.4, -0.2) is 9.97 Å². The Balaban J connectivity index is 2.63. The molecule has 5 heteroatoms. The van der Waals surface area contributed by atoms with E-state index in [9.17, 15) is 13.2 Å². The third-order valence-corrected chi connectivity index (χ3v) is 2.32. The van der Waals surface area contributed by atoms with Crippen molar-refractivity contribution >= 4 is 0 Å². The molecule has 1 heterocycles. The molecular weight excluding hydrogens is 229 g/mol. The van der Waals surface area contributed by atoms with Gasteiger partial charge in [-0.1, -0.05) is 17.7 Å². The number of alkyl halides is 3. The Labute approximate surface area is 96.2 Å². The molecule has 17 heavy (non-hydrogen) atoms. The van der Waals surface area contributed by atoms with Gasteiger partial charge in [0, 0.05) is 18.0 Å². The van der Waals surface area contributed by atoms with Gasteiger partial charge in [0.05, 0.1) is 17.5 Å². The Morgan fingerprint density at radius 1 is 1.12 bits per heavy atom. The first-order valence-electron chi connectivity index (χ1n) is 4.93. The molecule has 0 radical (unpaired) electrons. The van der Waals surface area contributed by atoms with Crippen molar-refractivity contribution in [1.29, 1.82) is 0 Å². The van der Waals surface area contributed by atoms with Gasteiger partial charge in [-0.3, -0.25) is 9.97 Å². The first-order valence-corrected chi connectivity index (χ1v) is 4.93. The lowest BCUT2D eigenvalue weighted by Crippen LogP contribution is -2.08. The van der Waals surface area contributed by atoms with E-state index in [-0.39, 0.29) is 11.3 Å². The number of hydrogen-bond donors (Lipinski definition) is 0. The summed E-state index contributed by atoms with van der Waals surface area (Å²) in [6, 6.07) is 4.16. The largest absolute Gasteiger partial charge is 0.417 e. The van der Waals surface area contributed by atoms with Gasteiger partial charge in [0.2, 0.25) is 0 Å². The molecule has 0 unspecified atom stereocenters. The normalized spacial score (nSPS) is 11.5. The molecule has 0 saturated heterocycles. The lowest BCUT2D eigenvalue weighted by Gasteiger charge is -2.12. The predicted molar refractivity (Wildman–Crippen MR) is 57.2 cm³/mol. The number of rotatable bonds is 1. The molecule has 0 atom stereocenters. The molecule has 0 spiro atoms. The quantitative estimate of drug-likeness (QED) is 0.760. The molecule has 2 aromatic rings. The Kier molecular flexibility index (Phi) is 2.83. The highest BCUT2D eigenvalue weighted by Crippen LogP contribution is 2.36.